The first kappa shape index (κ1) is 26.7. The number of aromatic nitrogens is 2. The zero-order valence-electron chi connectivity index (χ0n) is 20.4. The molecule has 192 valence electrons. The maximum Gasteiger partial charge on any atom is 0.268 e. The van der Waals surface area contributed by atoms with E-state index in [1.165, 1.54) is 24.5 Å². The van der Waals surface area contributed by atoms with Gasteiger partial charge in [-0.25, -0.2) is 0 Å². The first-order chi connectivity index (χ1) is 18.6. The minimum Gasteiger partial charge on any atom is -0.493 e. The second kappa shape index (κ2) is 13.2. The number of hydrogen-bond acceptors (Lipinski definition) is 8. The molecular weight excluding hydrogens is 524 g/mol. The number of ether oxygens (including phenoxy) is 3. The molecule has 0 saturated heterocycles. The fourth-order valence-electron chi connectivity index (χ4n) is 3.38. The third-order valence-corrected chi connectivity index (χ3v) is 6.34. The molecule has 0 bridgehead atoms. The topological polar surface area (TPSA) is 106 Å². The van der Waals surface area contributed by atoms with E-state index < -0.39 is 5.91 Å². The Hall–Kier alpha value is -4.39. The molecule has 0 atom stereocenters. The van der Waals surface area contributed by atoms with Crippen molar-refractivity contribution in [3.05, 3.63) is 99.5 Å². The molecule has 1 aromatic heterocycles. The molecular formula is C28H23ClN4O4S. The number of carbonyl (C=O) groups excluding carboxylic acids is 1. The van der Waals surface area contributed by atoms with Gasteiger partial charge >= 0.3 is 0 Å². The first-order valence-corrected chi connectivity index (χ1v) is 12.7. The van der Waals surface area contributed by atoms with Crippen LogP contribution in [0.2, 0.25) is 5.02 Å². The number of amides is 1. The van der Waals surface area contributed by atoms with Crippen molar-refractivity contribution in [2.45, 2.75) is 6.42 Å². The van der Waals surface area contributed by atoms with Crippen LogP contribution in [0.15, 0.2) is 78.4 Å². The van der Waals surface area contributed by atoms with Crippen molar-refractivity contribution in [2.24, 2.45) is 0 Å². The molecule has 0 unspecified atom stereocenters. The molecule has 0 spiro atoms. The summed E-state index contributed by atoms with van der Waals surface area (Å²) in [6, 6.07) is 24.1. The Morgan fingerprint density at radius 3 is 2.47 bits per heavy atom. The number of nitrogens with zero attached hydrogens (tertiary/aromatic N) is 3. The molecule has 0 aliphatic heterocycles. The van der Waals surface area contributed by atoms with Crippen LogP contribution in [0.5, 0.6) is 17.2 Å². The molecule has 0 aliphatic carbocycles. The summed E-state index contributed by atoms with van der Waals surface area (Å²) in [5, 5.41) is 22.0. The summed E-state index contributed by atoms with van der Waals surface area (Å²) >= 11 is 7.35. The fraction of sp³-hybridized carbons (Fsp3) is 0.143. The zero-order valence-corrected chi connectivity index (χ0v) is 22.0. The van der Waals surface area contributed by atoms with Crippen LogP contribution in [0, 0.1) is 11.3 Å². The smallest absolute Gasteiger partial charge is 0.268 e. The normalized spacial score (nSPS) is 10.9. The SMILES string of the molecule is COc1cc(C=C(C#N)C(=O)Nc2nnc(Cc3ccccc3)s2)ccc1OCCOc1ccccc1Cl. The number of hydrogen-bond donors (Lipinski definition) is 1. The Kier molecular flexibility index (Phi) is 9.29. The highest BCUT2D eigenvalue weighted by atomic mass is 35.5. The van der Waals surface area contributed by atoms with Crippen LogP contribution in [0.1, 0.15) is 16.1 Å². The lowest BCUT2D eigenvalue weighted by Gasteiger charge is -2.12. The summed E-state index contributed by atoms with van der Waals surface area (Å²) in [5.74, 6) is 0.943. The summed E-state index contributed by atoms with van der Waals surface area (Å²) in [6.07, 6.45) is 2.07. The van der Waals surface area contributed by atoms with Crippen LogP contribution < -0.4 is 19.5 Å². The number of para-hydroxylation sites is 1. The third kappa shape index (κ3) is 7.32. The van der Waals surface area contributed by atoms with Gasteiger partial charge in [-0.05, 0) is 41.5 Å². The van der Waals surface area contributed by atoms with Gasteiger partial charge in [-0.3, -0.25) is 10.1 Å². The van der Waals surface area contributed by atoms with Crippen LogP contribution in [0.4, 0.5) is 5.13 Å². The molecule has 1 N–H and O–H groups in total. The molecule has 1 amide bonds. The van der Waals surface area contributed by atoms with Crippen molar-refractivity contribution < 1.29 is 19.0 Å². The van der Waals surface area contributed by atoms with E-state index in [1.54, 1.807) is 30.3 Å². The van der Waals surface area contributed by atoms with E-state index in [2.05, 4.69) is 15.5 Å². The quantitative estimate of drug-likeness (QED) is 0.144. The summed E-state index contributed by atoms with van der Waals surface area (Å²) < 4.78 is 16.8. The van der Waals surface area contributed by atoms with Crippen LogP contribution in [-0.2, 0) is 11.2 Å². The first-order valence-electron chi connectivity index (χ1n) is 11.5. The highest BCUT2D eigenvalue weighted by Gasteiger charge is 2.14. The van der Waals surface area contributed by atoms with E-state index in [4.69, 9.17) is 25.8 Å². The molecule has 4 rings (SSSR count). The Morgan fingerprint density at radius 1 is 1.00 bits per heavy atom. The molecule has 10 heteroatoms. The van der Waals surface area contributed by atoms with Gasteiger partial charge in [-0.15, -0.1) is 10.2 Å². The molecule has 4 aromatic rings. The highest BCUT2D eigenvalue weighted by molar-refractivity contribution is 7.15. The number of methoxy groups -OCH3 is 1. The number of carbonyl (C=O) groups is 1. The van der Waals surface area contributed by atoms with Gasteiger partial charge in [0.1, 0.15) is 35.6 Å². The molecule has 8 nitrogen and oxygen atoms in total. The lowest BCUT2D eigenvalue weighted by molar-refractivity contribution is -0.112. The van der Waals surface area contributed by atoms with Crippen molar-refractivity contribution in [1.82, 2.24) is 10.2 Å². The Bertz CT molecular complexity index is 1470. The number of nitrogens with one attached hydrogen (secondary N) is 1. The molecule has 0 radical (unpaired) electrons. The van der Waals surface area contributed by atoms with E-state index in [-0.39, 0.29) is 18.8 Å². The van der Waals surface area contributed by atoms with Crippen molar-refractivity contribution in [1.29, 1.82) is 5.26 Å². The predicted octanol–water partition coefficient (Wildman–Crippen LogP) is 5.79. The van der Waals surface area contributed by atoms with Crippen LogP contribution in [0.25, 0.3) is 6.08 Å². The van der Waals surface area contributed by atoms with Gasteiger partial charge in [0.05, 0.1) is 12.1 Å². The monoisotopic (exact) mass is 546 g/mol. The average Bonchev–Trinajstić information content (AvgIpc) is 3.37. The van der Waals surface area contributed by atoms with Crippen molar-refractivity contribution in [2.75, 3.05) is 25.6 Å². The standard InChI is InChI=1S/C28H23ClN4O4S/c1-35-25-16-20(11-12-24(25)37-14-13-36-23-10-6-5-9-22(23)29)15-21(18-30)27(34)31-28-33-32-26(38-28)17-19-7-3-2-4-8-19/h2-12,15-16H,13-14,17H2,1H3,(H,31,33,34). The number of halogens is 1. The Morgan fingerprint density at radius 2 is 1.74 bits per heavy atom. The van der Waals surface area contributed by atoms with Gasteiger partial charge < -0.3 is 14.2 Å². The van der Waals surface area contributed by atoms with Gasteiger partial charge in [-0.1, -0.05) is 71.5 Å². The zero-order chi connectivity index (χ0) is 26.7. The van der Waals surface area contributed by atoms with E-state index in [0.717, 1.165) is 10.6 Å². The van der Waals surface area contributed by atoms with E-state index in [0.29, 0.717) is 39.4 Å². The Labute approximate surface area is 229 Å². The van der Waals surface area contributed by atoms with Gasteiger partial charge in [0.2, 0.25) is 5.13 Å². The van der Waals surface area contributed by atoms with E-state index >= 15 is 0 Å². The number of benzene rings is 3. The van der Waals surface area contributed by atoms with E-state index in [1.807, 2.05) is 48.5 Å². The molecule has 1 heterocycles. The summed E-state index contributed by atoms with van der Waals surface area (Å²) in [6.45, 7) is 0.544. The van der Waals surface area contributed by atoms with Gasteiger partial charge in [0.15, 0.2) is 11.5 Å². The minimum absolute atomic E-state index is 0.0892. The molecule has 0 saturated carbocycles. The maximum absolute atomic E-state index is 12.7. The average molecular weight is 547 g/mol. The van der Waals surface area contributed by atoms with Gasteiger partial charge in [-0.2, -0.15) is 5.26 Å². The molecule has 38 heavy (non-hydrogen) atoms. The number of anilines is 1. The molecule has 0 fully saturated rings. The second-order valence-electron chi connectivity index (χ2n) is 7.82. The predicted molar refractivity (Wildman–Crippen MR) is 147 cm³/mol. The Balaban J connectivity index is 1.36. The van der Waals surface area contributed by atoms with Crippen LogP contribution in [-0.4, -0.2) is 36.4 Å². The van der Waals surface area contributed by atoms with Crippen molar-refractivity contribution in [3.8, 4) is 23.3 Å². The number of nitriles is 1. The number of rotatable bonds is 11. The van der Waals surface area contributed by atoms with Crippen molar-refractivity contribution in [3.63, 3.8) is 0 Å². The lowest BCUT2D eigenvalue weighted by Crippen LogP contribution is -2.13. The highest BCUT2D eigenvalue weighted by Crippen LogP contribution is 2.29. The largest absolute Gasteiger partial charge is 0.493 e. The molecule has 3 aromatic carbocycles. The summed E-state index contributed by atoms with van der Waals surface area (Å²) in [4.78, 5) is 12.7. The second-order valence-corrected chi connectivity index (χ2v) is 9.29. The maximum atomic E-state index is 12.7. The van der Waals surface area contributed by atoms with Crippen LogP contribution in [0.3, 0.4) is 0 Å². The van der Waals surface area contributed by atoms with Crippen LogP contribution >= 0.6 is 22.9 Å². The van der Waals surface area contributed by atoms with Gasteiger partial charge in [0.25, 0.3) is 5.91 Å². The van der Waals surface area contributed by atoms with Gasteiger partial charge in [0, 0.05) is 6.42 Å². The lowest BCUT2D eigenvalue weighted by atomic mass is 10.1. The molecule has 0 aliphatic rings. The van der Waals surface area contributed by atoms with E-state index in [9.17, 15) is 10.1 Å². The van der Waals surface area contributed by atoms with Crippen molar-refractivity contribution >= 4 is 40.1 Å². The third-order valence-electron chi connectivity index (χ3n) is 5.18. The minimum atomic E-state index is -0.578. The fourth-order valence-corrected chi connectivity index (χ4v) is 4.34. The summed E-state index contributed by atoms with van der Waals surface area (Å²) in [7, 11) is 1.51. The summed E-state index contributed by atoms with van der Waals surface area (Å²) in [5.41, 5.74) is 1.59.